The van der Waals surface area contributed by atoms with Crippen LogP contribution in [0.15, 0.2) is 24.3 Å². The molecule has 0 aliphatic rings. The van der Waals surface area contributed by atoms with E-state index in [2.05, 4.69) is 36.4 Å². The largest absolute Gasteiger partial charge is 0.0804 e. The molecule has 0 N–H and O–H groups in total. The fraction of sp³-hybridized carbons (Fsp3) is 0.200. The van der Waals surface area contributed by atoms with E-state index < -0.39 is 0 Å². The average Bonchev–Trinajstić information content (AvgIpc) is 2.05. The number of hydrogen-bond acceptors (Lipinski definition) is 0. The van der Waals surface area contributed by atoms with Crippen molar-refractivity contribution in [3.63, 3.8) is 0 Å². The zero-order chi connectivity index (χ0) is 7.40. The molecule has 0 amide bonds. The van der Waals surface area contributed by atoms with Crippen LogP contribution in [-0.2, 0) is 20.4 Å². The molecule has 1 rings (SSSR count). The van der Waals surface area contributed by atoms with Gasteiger partial charge in [0.05, 0.1) is 0 Å². The number of benzene rings is 1. The van der Waals surface area contributed by atoms with Crippen molar-refractivity contribution in [3.8, 4) is 0 Å². The molecule has 1 radical (unpaired) electrons. The van der Waals surface area contributed by atoms with E-state index in [4.69, 9.17) is 0 Å². The van der Waals surface area contributed by atoms with Crippen LogP contribution in [0, 0.1) is 0 Å². The van der Waals surface area contributed by atoms with E-state index >= 15 is 0 Å². The molecule has 0 aliphatic heterocycles. The van der Waals surface area contributed by atoms with Crippen LogP contribution in [0.3, 0.4) is 0 Å². The SMILES string of the molecule is CC=c1ccc(=CC)cc1.[Re]. The van der Waals surface area contributed by atoms with Gasteiger partial charge in [0.25, 0.3) is 0 Å². The average molecular weight is 318 g/mol. The predicted octanol–water partition coefficient (Wildman–Crippen LogP) is 1.28. The van der Waals surface area contributed by atoms with Crippen molar-refractivity contribution in [3.05, 3.63) is 34.7 Å². The molecule has 0 unspecified atom stereocenters. The summed E-state index contributed by atoms with van der Waals surface area (Å²) in [6.45, 7) is 4.09. The molecule has 1 aromatic rings. The van der Waals surface area contributed by atoms with Gasteiger partial charge in [0.1, 0.15) is 0 Å². The topological polar surface area (TPSA) is 0 Å². The second kappa shape index (κ2) is 5.30. The van der Waals surface area contributed by atoms with Gasteiger partial charge in [-0.05, 0) is 24.3 Å². The Balaban J connectivity index is 0.000001000. The van der Waals surface area contributed by atoms with E-state index in [1.54, 1.807) is 0 Å². The van der Waals surface area contributed by atoms with Crippen molar-refractivity contribution < 1.29 is 20.4 Å². The van der Waals surface area contributed by atoms with Crippen molar-refractivity contribution in [2.45, 2.75) is 13.8 Å². The molecule has 59 valence electrons. The summed E-state index contributed by atoms with van der Waals surface area (Å²) in [4.78, 5) is 0. The van der Waals surface area contributed by atoms with Crippen LogP contribution in [0.5, 0.6) is 0 Å². The maximum atomic E-state index is 2.12. The first-order valence-corrected chi connectivity index (χ1v) is 3.55. The number of rotatable bonds is 0. The summed E-state index contributed by atoms with van der Waals surface area (Å²) < 4.78 is 0. The minimum Gasteiger partial charge on any atom is -0.0804 e. The monoisotopic (exact) mass is 319 g/mol. The summed E-state index contributed by atoms with van der Waals surface area (Å²) in [6, 6.07) is 8.48. The van der Waals surface area contributed by atoms with Crippen molar-refractivity contribution in [1.82, 2.24) is 0 Å². The molecule has 1 aromatic carbocycles. The molecule has 0 saturated heterocycles. The van der Waals surface area contributed by atoms with Crippen LogP contribution in [0.4, 0.5) is 0 Å². The third-order valence-corrected chi connectivity index (χ3v) is 1.60. The Morgan fingerprint density at radius 2 is 1.09 bits per heavy atom. The fourth-order valence-corrected chi connectivity index (χ4v) is 0.881. The van der Waals surface area contributed by atoms with Crippen molar-refractivity contribution >= 4 is 12.2 Å². The van der Waals surface area contributed by atoms with Gasteiger partial charge < -0.3 is 0 Å². The Hall–Kier alpha value is -0.378. The Morgan fingerprint density at radius 3 is 1.27 bits per heavy atom. The van der Waals surface area contributed by atoms with E-state index in [-0.39, 0.29) is 20.4 Å². The summed E-state index contributed by atoms with van der Waals surface area (Å²) in [5.74, 6) is 0. The molecular weight excluding hydrogens is 306 g/mol. The van der Waals surface area contributed by atoms with Crippen LogP contribution in [0.2, 0.25) is 0 Å². The van der Waals surface area contributed by atoms with E-state index in [0.29, 0.717) is 0 Å². The molecule has 0 spiro atoms. The molecule has 0 aromatic heterocycles. The predicted molar refractivity (Wildman–Crippen MR) is 46.0 cm³/mol. The van der Waals surface area contributed by atoms with Crippen LogP contribution in [0.1, 0.15) is 13.8 Å². The van der Waals surface area contributed by atoms with Gasteiger partial charge in [0.2, 0.25) is 0 Å². The Labute approximate surface area is 81.3 Å². The Bertz CT molecular complexity index is 256. The van der Waals surface area contributed by atoms with Gasteiger partial charge in [-0.15, -0.1) is 0 Å². The van der Waals surface area contributed by atoms with Crippen LogP contribution in [-0.4, -0.2) is 0 Å². The molecule has 0 heterocycles. The van der Waals surface area contributed by atoms with Gasteiger partial charge in [0, 0.05) is 20.4 Å². The molecule has 0 nitrogen and oxygen atoms in total. The summed E-state index contributed by atoms with van der Waals surface area (Å²) in [5.41, 5.74) is 0. The van der Waals surface area contributed by atoms with Gasteiger partial charge >= 0.3 is 0 Å². The van der Waals surface area contributed by atoms with Crippen LogP contribution in [0.25, 0.3) is 12.2 Å². The zero-order valence-electron chi connectivity index (χ0n) is 6.84. The maximum Gasteiger partial charge on any atom is 0 e. The van der Waals surface area contributed by atoms with Gasteiger partial charge in [-0.2, -0.15) is 0 Å². The summed E-state index contributed by atoms with van der Waals surface area (Å²) >= 11 is 0. The smallest absolute Gasteiger partial charge is 0 e. The molecule has 0 atom stereocenters. The Morgan fingerprint density at radius 1 is 0.818 bits per heavy atom. The molecule has 0 fully saturated rings. The zero-order valence-corrected chi connectivity index (χ0v) is 9.56. The van der Waals surface area contributed by atoms with Crippen LogP contribution >= 0.6 is 0 Å². The van der Waals surface area contributed by atoms with Gasteiger partial charge in [-0.1, -0.05) is 36.4 Å². The normalized spacial score (nSPS) is 8.18. The van der Waals surface area contributed by atoms with Gasteiger partial charge in [0.15, 0.2) is 0 Å². The van der Waals surface area contributed by atoms with Crippen molar-refractivity contribution in [2.75, 3.05) is 0 Å². The molecule has 11 heavy (non-hydrogen) atoms. The summed E-state index contributed by atoms with van der Waals surface area (Å²) in [7, 11) is 0. The van der Waals surface area contributed by atoms with Gasteiger partial charge in [-0.3, -0.25) is 0 Å². The summed E-state index contributed by atoms with van der Waals surface area (Å²) in [5, 5.41) is 2.57. The van der Waals surface area contributed by atoms with E-state index in [1.165, 1.54) is 10.4 Å². The fourth-order valence-electron chi connectivity index (χ4n) is 0.881. The van der Waals surface area contributed by atoms with Crippen molar-refractivity contribution in [2.24, 2.45) is 0 Å². The quantitative estimate of drug-likeness (QED) is 0.676. The molecular formula is C10H12Re. The maximum absolute atomic E-state index is 2.12. The molecule has 0 bridgehead atoms. The molecule has 0 saturated carbocycles. The minimum atomic E-state index is 0. The Kier molecular flexibility index (Phi) is 5.11. The third kappa shape index (κ3) is 3.01. The van der Waals surface area contributed by atoms with E-state index in [1.807, 2.05) is 13.8 Å². The van der Waals surface area contributed by atoms with Crippen LogP contribution < -0.4 is 10.4 Å². The van der Waals surface area contributed by atoms with Crippen molar-refractivity contribution in [1.29, 1.82) is 0 Å². The second-order valence-corrected chi connectivity index (χ2v) is 2.24. The number of hydrogen-bond donors (Lipinski definition) is 0. The second-order valence-electron chi connectivity index (χ2n) is 2.24. The van der Waals surface area contributed by atoms with E-state index in [0.717, 1.165) is 0 Å². The first-order chi connectivity index (χ1) is 4.86. The first kappa shape index (κ1) is 10.6. The standard InChI is InChI=1S/C10H12.Re/c1-3-9-5-7-10(4-2)8-6-9;/h3-8H,1-2H3;. The minimum absolute atomic E-state index is 0. The summed E-state index contributed by atoms with van der Waals surface area (Å²) in [6.07, 6.45) is 4.19. The third-order valence-electron chi connectivity index (χ3n) is 1.60. The molecule has 1 heteroatoms. The first-order valence-electron chi connectivity index (χ1n) is 3.55. The van der Waals surface area contributed by atoms with E-state index in [9.17, 15) is 0 Å². The van der Waals surface area contributed by atoms with Gasteiger partial charge in [-0.25, -0.2) is 0 Å². The molecule has 0 aliphatic carbocycles.